The van der Waals surface area contributed by atoms with Gasteiger partial charge in [-0.3, -0.25) is 4.57 Å². The predicted molar refractivity (Wildman–Crippen MR) is 119 cm³/mol. The van der Waals surface area contributed by atoms with E-state index in [1.165, 1.54) is 6.07 Å². The van der Waals surface area contributed by atoms with Crippen molar-refractivity contribution < 1.29 is 21.9 Å². The van der Waals surface area contributed by atoms with Crippen molar-refractivity contribution in [1.82, 2.24) is 19.5 Å². The molecular weight excluding hydrogens is 454 g/mol. The minimum atomic E-state index is -3.08. The fourth-order valence-electron chi connectivity index (χ4n) is 4.27. The van der Waals surface area contributed by atoms with Gasteiger partial charge in [-0.25, -0.2) is 27.2 Å². The zero-order chi connectivity index (χ0) is 23.0. The van der Waals surface area contributed by atoms with Gasteiger partial charge in [0.15, 0.2) is 5.65 Å². The number of ether oxygens (including phenoxy) is 1. The standard InChI is InChI=1S/C21H24F2N6O3S/c22-13-1-2-17(16(23)11-13)26-21-27-18-12-24-20(25-14-3-7-32-8-4-14)28-19(18)29(21)15-5-9-33(30,31)10-6-15/h1-2,11-12,14-15H,3-10H2,(H,26,27)(H,24,25,28). The third-order valence-corrected chi connectivity index (χ3v) is 7.77. The molecule has 3 aromatic rings. The molecule has 0 bridgehead atoms. The van der Waals surface area contributed by atoms with Crippen LogP contribution >= 0.6 is 0 Å². The Labute approximate surface area is 189 Å². The number of sulfone groups is 1. The van der Waals surface area contributed by atoms with Crippen LogP contribution in [0.15, 0.2) is 24.4 Å². The second kappa shape index (κ2) is 8.82. The number of aromatic nitrogens is 4. The lowest BCUT2D eigenvalue weighted by Gasteiger charge is -2.26. The van der Waals surface area contributed by atoms with E-state index in [1.807, 2.05) is 4.57 Å². The molecule has 2 aromatic heterocycles. The first kappa shape index (κ1) is 22.0. The molecule has 9 nitrogen and oxygen atoms in total. The Kier molecular flexibility index (Phi) is 5.87. The highest BCUT2D eigenvalue weighted by molar-refractivity contribution is 7.91. The van der Waals surface area contributed by atoms with Gasteiger partial charge in [0, 0.05) is 31.4 Å². The molecule has 1 aromatic carbocycles. The quantitative estimate of drug-likeness (QED) is 0.575. The summed E-state index contributed by atoms with van der Waals surface area (Å²) in [5.41, 5.74) is 1.07. The van der Waals surface area contributed by atoms with E-state index in [9.17, 15) is 17.2 Å². The topological polar surface area (TPSA) is 111 Å². The fourth-order valence-corrected chi connectivity index (χ4v) is 5.73. The molecule has 0 unspecified atom stereocenters. The van der Waals surface area contributed by atoms with Gasteiger partial charge in [0.2, 0.25) is 11.9 Å². The molecule has 2 aliphatic rings. The molecule has 0 radical (unpaired) electrons. The maximum atomic E-state index is 14.3. The molecular formula is C21H24F2N6O3S. The fraction of sp³-hybridized carbons (Fsp3) is 0.476. The minimum Gasteiger partial charge on any atom is -0.381 e. The average molecular weight is 479 g/mol. The average Bonchev–Trinajstić information content (AvgIpc) is 3.14. The first-order valence-corrected chi connectivity index (χ1v) is 12.7. The highest BCUT2D eigenvalue weighted by Gasteiger charge is 2.29. The Morgan fingerprint density at radius 3 is 2.55 bits per heavy atom. The number of nitrogens with one attached hydrogen (secondary N) is 2. The summed E-state index contributed by atoms with van der Waals surface area (Å²) in [5, 5.41) is 6.26. The molecule has 0 amide bonds. The highest BCUT2D eigenvalue weighted by Crippen LogP contribution is 2.33. The summed E-state index contributed by atoms with van der Waals surface area (Å²) in [7, 11) is -3.08. The number of imidazole rings is 1. The molecule has 2 saturated heterocycles. The number of anilines is 3. The summed E-state index contributed by atoms with van der Waals surface area (Å²) in [5.74, 6) is -0.581. The van der Waals surface area contributed by atoms with Gasteiger partial charge in [-0.05, 0) is 37.8 Å². The first-order valence-electron chi connectivity index (χ1n) is 10.9. The minimum absolute atomic E-state index is 0.0555. The van der Waals surface area contributed by atoms with E-state index < -0.39 is 21.5 Å². The van der Waals surface area contributed by atoms with Crippen molar-refractivity contribution in [3.8, 4) is 0 Å². The molecule has 0 atom stereocenters. The second-order valence-corrected chi connectivity index (χ2v) is 10.7. The van der Waals surface area contributed by atoms with Crippen LogP contribution in [0.2, 0.25) is 0 Å². The van der Waals surface area contributed by atoms with E-state index in [0.717, 1.165) is 25.0 Å². The van der Waals surface area contributed by atoms with Gasteiger partial charge < -0.3 is 15.4 Å². The Bertz CT molecular complexity index is 1260. The molecule has 4 heterocycles. The molecule has 2 aliphatic heterocycles. The van der Waals surface area contributed by atoms with Crippen LogP contribution in [0.25, 0.3) is 11.2 Å². The van der Waals surface area contributed by atoms with Crippen molar-refractivity contribution in [3.63, 3.8) is 0 Å². The Balaban J connectivity index is 1.53. The molecule has 33 heavy (non-hydrogen) atoms. The number of fused-ring (bicyclic) bond motifs is 1. The predicted octanol–water partition coefficient (Wildman–Crippen LogP) is 3.19. The zero-order valence-electron chi connectivity index (χ0n) is 17.8. The van der Waals surface area contributed by atoms with Crippen LogP contribution in [0.5, 0.6) is 0 Å². The summed E-state index contributed by atoms with van der Waals surface area (Å²) in [6, 6.07) is 3.23. The molecule has 5 rings (SSSR count). The smallest absolute Gasteiger partial charge is 0.224 e. The molecule has 2 N–H and O–H groups in total. The van der Waals surface area contributed by atoms with Crippen LogP contribution in [0, 0.1) is 11.6 Å². The van der Waals surface area contributed by atoms with Crippen LogP contribution in [0.1, 0.15) is 31.7 Å². The zero-order valence-corrected chi connectivity index (χ0v) is 18.6. The van der Waals surface area contributed by atoms with Crippen molar-refractivity contribution in [1.29, 1.82) is 0 Å². The molecule has 176 valence electrons. The maximum Gasteiger partial charge on any atom is 0.224 e. The van der Waals surface area contributed by atoms with Crippen molar-refractivity contribution in [3.05, 3.63) is 36.0 Å². The van der Waals surface area contributed by atoms with Crippen LogP contribution < -0.4 is 10.6 Å². The highest BCUT2D eigenvalue weighted by atomic mass is 32.2. The van der Waals surface area contributed by atoms with Gasteiger partial charge >= 0.3 is 0 Å². The number of hydrogen-bond acceptors (Lipinski definition) is 8. The van der Waals surface area contributed by atoms with Crippen molar-refractivity contribution in [2.75, 3.05) is 35.4 Å². The number of rotatable bonds is 5. The van der Waals surface area contributed by atoms with E-state index in [2.05, 4.69) is 25.6 Å². The van der Waals surface area contributed by atoms with Crippen LogP contribution in [-0.4, -0.2) is 58.7 Å². The van der Waals surface area contributed by atoms with Gasteiger partial charge in [-0.1, -0.05) is 0 Å². The van der Waals surface area contributed by atoms with Crippen LogP contribution in [0.3, 0.4) is 0 Å². The number of halogens is 2. The van der Waals surface area contributed by atoms with Gasteiger partial charge in [0.05, 0.1) is 23.4 Å². The van der Waals surface area contributed by atoms with E-state index in [-0.39, 0.29) is 29.3 Å². The van der Waals surface area contributed by atoms with E-state index in [4.69, 9.17) is 4.74 Å². The molecule has 12 heteroatoms. The van der Waals surface area contributed by atoms with Gasteiger partial charge in [-0.2, -0.15) is 4.98 Å². The Morgan fingerprint density at radius 1 is 1.06 bits per heavy atom. The maximum absolute atomic E-state index is 14.3. The molecule has 2 fully saturated rings. The van der Waals surface area contributed by atoms with Crippen molar-refractivity contribution >= 4 is 38.6 Å². The first-order chi connectivity index (χ1) is 15.9. The van der Waals surface area contributed by atoms with E-state index >= 15 is 0 Å². The summed E-state index contributed by atoms with van der Waals surface area (Å²) in [4.78, 5) is 13.6. The van der Waals surface area contributed by atoms with Crippen LogP contribution in [-0.2, 0) is 14.6 Å². The molecule has 0 saturated carbocycles. The number of benzene rings is 1. The van der Waals surface area contributed by atoms with Gasteiger partial charge in [-0.15, -0.1) is 0 Å². The normalized spacial score (nSPS) is 19.6. The van der Waals surface area contributed by atoms with E-state index in [0.29, 0.717) is 49.1 Å². The van der Waals surface area contributed by atoms with Crippen molar-refractivity contribution in [2.45, 2.75) is 37.8 Å². The second-order valence-electron chi connectivity index (χ2n) is 8.37. The Morgan fingerprint density at radius 2 is 1.82 bits per heavy atom. The van der Waals surface area contributed by atoms with Gasteiger partial charge in [0.1, 0.15) is 27.0 Å². The van der Waals surface area contributed by atoms with Crippen LogP contribution in [0.4, 0.5) is 26.4 Å². The molecule has 0 spiro atoms. The summed E-state index contributed by atoms with van der Waals surface area (Å²) in [6.07, 6.45) is 4.06. The number of hydrogen-bond donors (Lipinski definition) is 2. The summed E-state index contributed by atoms with van der Waals surface area (Å²) >= 11 is 0. The largest absolute Gasteiger partial charge is 0.381 e. The lowest BCUT2D eigenvalue weighted by Crippen LogP contribution is -2.29. The SMILES string of the molecule is O=S1(=O)CCC(n2c(Nc3ccc(F)cc3F)nc3cnc(NC4CCOCC4)nc32)CC1. The van der Waals surface area contributed by atoms with Crippen molar-refractivity contribution in [2.24, 2.45) is 0 Å². The third-order valence-electron chi connectivity index (χ3n) is 6.05. The summed E-state index contributed by atoms with van der Waals surface area (Å²) in [6.45, 7) is 1.34. The number of nitrogens with zero attached hydrogens (tertiary/aromatic N) is 4. The lowest BCUT2D eigenvalue weighted by molar-refractivity contribution is 0.0903. The van der Waals surface area contributed by atoms with Gasteiger partial charge in [0.25, 0.3) is 0 Å². The monoisotopic (exact) mass is 478 g/mol. The summed E-state index contributed by atoms with van der Waals surface area (Å²) < 4.78 is 58.9. The Hall–Kier alpha value is -2.86. The molecule has 0 aliphatic carbocycles. The lowest BCUT2D eigenvalue weighted by atomic mass is 10.1. The third kappa shape index (κ3) is 4.76. The van der Waals surface area contributed by atoms with E-state index in [1.54, 1.807) is 6.20 Å².